The number of anilines is 2. The number of ether oxygens (including phenoxy) is 2. The lowest BCUT2D eigenvalue weighted by atomic mass is 10.00. The van der Waals surface area contributed by atoms with Gasteiger partial charge in [-0.1, -0.05) is 20.3 Å². The standard InChI is InChI=1S/C20H28IN5O2/c1-11(2)13-8-17(27-12(3)15-6-4-5-7-24-15)14(21)9-16(13)28-18-10-25-20(23)26-19(18)22/h8-12,15,24H,4-7H2,1-3H3,(H4,22,23,25,26). The highest BCUT2D eigenvalue weighted by Crippen LogP contribution is 2.38. The number of nitrogens with one attached hydrogen (secondary N) is 1. The first-order valence-electron chi connectivity index (χ1n) is 9.64. The molecule has 0 amide bonds. The molecule has 2 aromatic rings. The number of hydrogen-bond acceptors (Lipinski definition) is 7. The van der Waals surface area contributed by atoms with Crippen LogP contribution < -0.4 is 26.3 Å². The van der Waals surface area contributed by atoms with Gasteiger partial charge < -0.3 is 26.3 Å². The summed E-state index contributed by atoms with van der Waals surface area (Å²) in [4.78, 5) is 7.93. The van der Waals surface area contributed by atoms with Gasteiger partial charge in [0.25, 0.3) is 0 Å². The quantitative estimate of drug-likeness (QED) is 0.517. The molecule has 0 radical (unpaired) electrons. The number of piperidine rings is 1. The summed E-state index contributed by atoms with van der Waals surface area (Å²) in [5, 5.41) is 3.56. The van der Waals surface area contributed by atoms with Crippen LogP contribution in [0.3, 0.4) is 0 Å². The number of halogens is 1. The van der Waals surface area contributed by atoms with E-state index in [9.17, 15) is 0 Å². The van der Waals surface area contributed by atoms with E-state index in [4.69, 9.17) is 20.9 Å². The molecule has 2 unspecified atom stereocenters. The van der Waals surface area contributed by atoms with Crippen LogP contribution in [-0.4, -0.2) is 28.7 Å². The first-order chi connectivity index (χ1) is 13.3. The van der Waals surface area contributed by atoms with Gasteiger partial charge in [0.15, 0.2) is 11.6 Å². The second-order valence-corrected chi connectivity index (χ2v) is 8.60. The fourth-order valence-corrected chi connectivity index (χ4v) is 3.90. The van der Waals surface area contributed by atoms with Crippen LogP contribution in [0, 0.1) is 3.57 Å². The van der Waals surface area contributed by atoms with Crippen LogP contribution in [0.15, 0.2) is 18.3 Å². The summed E-state index contributed by atoms with van der Waals surface area (Å²) < 4.78 is 13.3. The van der Waals surface area contributed by atoms with Gasteiger partial charge in [0.1, 0.15) is 17.6 Å². The first kappa shape index (κ1) is 20.9. The molecular formula is C20H28IN5O2. The molecule has 5 N–H and O–H groups in total. The fourth-order valence-electron chi connectivity index (χ4n) is 3.34. The van der Waals surface area contributed by atoms with Crippen molar-refractivity contribution in [3.8, 4) is 17.2 Å². The van der Waals surface area contributed by atoms with Gasteiger partial charge in [-0.3, -0.25) is 0 Å². The minimum Gasteiger partial charge on any atom is -0.488 e. The van der Waals surface area contributed by atoms with Crippen molar-refractivity contribution in [2.75, 3.05) is 18.0 Å². The largest absolute Gasteiger partial charge is 0.488 e. The molecule has 2 atom stereocenters. The third-order valence-electron chi connectivity index (χ3n) is 4.94. The van der Waals surface area contributed by atoms with Crippen LogP contribution in [0.2, 0.25) is 0 Å². The molecular weight excluding hydrogens is 469 g/mol. The van der Waals surface area contributed by atoms with Crippen LogP contribution in [0.1, 0.15) is 51.5 Å². The Morgan fingerprint density at radius 3 is 2.57 bits per heavy atom. The Hall–Kier alpha value is -1.81. The number of rotatable bonds is 6. The van der Waals surface area contributed by atoms with E-state index < -0.39 is 0 Å². The Morgan fingerprint density at radius 2 is 1.93 bits per heavy atom. The molecule has 2 heterocycles. The zero-order valence-corrected chi connectivity index (χ0v) is 18.7. The molecule has 1 saturated heterocycles. The zero-order chi connectivity index (χ0) is 20.3. The van der Waals surface area contributed by atoms with Crippen LogP contribution >= 0.6 is 22.6 Å². The smallest absolute Gasteiger partial charge is 0.222 e. The van der Waals surface area contributed by atoms with Crippen molar-refractivity contribution in [1.82, 2.24) is 15.3 Å². The van der Waals surface area contributed by atoms with Gasteiger partial charge in [0.05, 0.1) is 9.77 Å². The summed E-state index contributed by atoms with van der Waals surface area (Å²) in [6.45, 7) is 7.43. The Labute approximate surface area is 179 Å². The normalized spacial score (nSPS) is 18.1. The Bertz CT molecular complexity index is 824. The maximum absolute atomic E-state index is 6.33. The third-order valence-corrected chi connectivity index (χ3v) is 5.78. The van der Waals surface area contributed by atoms with Crippen molar-refractivity contribution >= 4 is 34.4 Å². The SMILES string of the molecule is CC(C)c1cc(OC(C)C2CCCCN2)c(I)cc1Oc1cnc(N)nc1N. The monoisotopic (exact) mass is 497 g/mol. The van der Waals surface area contributed by atoms with E-state index >= 15 is 0 Å². The molecule has 0 spiro atoms. The summed E-state index contributed by atoms with van der Waals surface area (Å²) in [5.74, 6) is 2.56. The number of hydrogen-bond donors (Lipinski definition) is 3. The van der Waals surface area contributed by atoms with E-state index in [-0.39, 0.29) is 23.8 Å². The molecule has 1 aromatic carbocycles. The van der Waals surface area contributed by atoms with Crippen molar-refractivity contribution in [3.63, 3.8) is 0 Å². The van der Waals surface area contributed by atoms with Gasteiger partial charge >= 0.3 is 0 Å². The predicted octanol–water partition coefficient (Wildman–Crippen LogP) is 4.07. The zero-order valence-electron chi connectivity index (χ0n) is 16.5. The number of nitrogens with zero attached hydrogens (tertiary/aromatic N) is 2. The summed E-state index contributed by atoms with van der Waals surface area (Å²) in [5.41, 5.74) is 12.5. The molecule has 0 bridgehead atoms. The van der Waals surface area contributed by atoms with Crippen molar-refractivity contribution in [1.29, 1.82) is 0 Å². The van der Waals surface area contributed by atoms with Gasteiger partial charge in [0.2, 0.25) is 5.95 Å². The lowest BCUT2D eigenvalue weighted by molar-refractivity contribution is 0.151. The average molecular weight is 497 g/mol. The first-order valence-corrected chi connectivity index (χ1v) is 10.7. The topological polar surface area (TPSA) is 108 Å². The summed E-state index contributed by atoms with van der Waals surface area (Å²) in [6, 6.07) is 4.42. The minimum atomic E-state index is 0.0988. The molecule has 1 fully saturated rings. The van der Waals surface area contributed by atoms with Gasteiger partial charge in [-0.2, -0.15) is 4.98 Å². The fraction of sp³-hybridized carbons (Fsp3) is 0.500. The number of nitrogen functional groups attached to an aromatic ring is 2. The van der Waals surface area contributed by atoms with Crippen molar-refractivity contribution in [2.45, 2.75) is 58.1 Å². The van der Waals surface area contributed by atoms with Crippen LogP contribution in [0.25, 0.3) is 0 Å². The van der Waals surface area contributed by atoms with Gasteiger partial charge in [-0.05, 0) is 67.0 Å². The van der Waals surface area contributed by atoms with Crippen LogP contribution in [-0.2, 0) is 0 Å². The molecule has 0 saturated carbocycles. The highest BCUT2D eigenvalue weighted by Gasteiger charge is 2.23. The molecule has 7 nitrogen and oxygen atoms in total. The Morgan fingerprint density at radius 1 is 1.14 bits per heavy atom. The minimum absolute atomic E-state index is 0.0988. The van der Waals surface area contributed by atoms with Crippen LogP contribution in [0.4, 0.5) is 11.8 Å². The van der Waals surface area contributed by atoms with E-state index in [1.54, 1.807) is 0 Å². The number of benzene rings is 1. The van der Waals surface area contributed by atoms with E-state index in [2.05, 4.69) is 64.7 Å². The maximum atomic E-state index is 6.33. The molecule has 8 heteroatoms. The highest BCUT2D eigenvalue weighted by molar-refractivity contribution is 14.1. The lowest BCUT2D eigenvalue weighted by Crippen LogP contribution is -2.44. The highest BCUT2D eigenvalue weighted by atomic mass is 127. The second-order valence-electron chi connectivity index (χ2n) is 7.43. The molecule has 152 valence electrons. The average Bonchev–Trinajstić information content (AvgIpc) is 2.66. The molecule has 1 aromatic heterocycles. The second kappa shape index (κ2) is 9.13. The molecule has 3 rings (SSSR count). The summed E-state index contributed by atoms with van der Waals surface area (Å²) >= 11 is 2.28. The van der Waals surface area contributed by atoms with Gasteiger partial charge in [0, 0.05) is 11.6 Å². The molecule has 1 aliphatic heterocycles. The molecule has 0 aliphatic carbocycles. The maximum Gasteiger partial charge on any atom is 0.222 e. The van der Waals surface area contributed by atoms with E-state index in [0.717, 1.165) is 33.6 Å². The summed E-state index contributed by atoms with van der Waals surface area (Å²) in [7, 11) is 0. The predicted molar refractivity (Wildman–Crippen MR) is 120 cm³/mol. The lowest BCUT2D eigenvalue weighted by Gasteiger charge is -2.30. The molecule has 28 heavy (non-hydrogen) atoms. The summed E-state index contributed by atoms with van der Waals surface area (Å²) in [6.07, 6.45) is 5.23. The van der Waals surface area contributed by atoms with E-state index in [1.165, 1.54) is 19.0 Å². The van der Waals surface area contributed by atoms with Crippen molar-refractivity contribution in [2.24, 2.45) is 0 Å². The van der Waals surface area contributed by atoms with E-state index in [0.29, 0.717) is 11.8 Å². The van der Waals surface area contributed by atoms with E-state index in [1.807, 2.05) is 6.07 Å². The van der Waals surface area contributed by atoms with Crippen molar-refractivity contribution in [3.05, 3.63) is 27.5 Å². The third kappa shape index (κ3) is 4.96. The molecule has 1 aliphatic rings. The van der Waals surface area contributed by atoms with Crippen molar-refractivity contribution < 1.29 is 9.47 Å². The van der Waals surface area contributed by atoms with Crippen LogP contribution in [0.5, 0.6) is 17.2 Å². The van der Waals surface area contributed by atoms with Gasteiger partial charge in [-0.15, -0.1) is 0 Å². The Kier molecular flexibility index (Phi) is 6.82. The number of nitrogens with two attached hydrogens (primary N) is 2. The Balaban J connectivity index is 1.85. The van der Waals surface area contributed by atoms with Gasteiger partial charge in [-0.25, -0.2) is 4.98 Å². The number of aromatic nitrogens is 2.